The number of rotatable bonds is 7. The van der Waals surface area contributed by atoms with E-state index >= 15 is 0 Å². The highest BCUT2D eigenvalue weighted by Gasteiger charge is 2.28. The summed E-state index contributed by atoms with van der Waals surface area (Å²) in [5.74, 6) is -0.591. The summed E-state index contributed by atoms with van der Waals surface area (Å²) in [5, 5.41) is 2.69. The van der Waals surface area contributed by atoms with Crippen molar-refractivity contribution in [2.45, 2.75) is 20.3 Å². The fourth-order valence-corrected chi connectivity index (χ4v) is 5.91. The van der Waals surface area contributed by atoms with E-state index in [0.717, 1.165) is 22.1 Å². The third-order valence-corrected chi connectivity index (χ3v) is 8.34. The first-order valence-electron chi connectivity index (χ1n) is 13.5. The Hall–Kier alpha value is -5.09. The zero-order valence-electron chi connectivity index (χ0n) is 23.9. The highest BCUT2D eigenvalue weighted by atomic mass is 32.1. The van der Waals surface area contributed by atoms with Gasteiger partial charge < -0.3 is 15.0 Å². The van der Waals surface area contributed by atoms with E-state index in [1.165, 1.54) is 35.3 Å². The number of benzene rings is 1. The summed E-state index contributed by atoms with van der Waals surface area (Å²) in [7, 11) is 1.50. The fraction of sp³-hybridized carbons (Fsp3) is 0.152. The smallest absolute Gasteiger partial charge is 0.276 e. The van der Waals surface area contributed by atoms with Crippen LogP contribution in [0.2, 0.25) is 0 Å². The first-order chi connectivity index (χ1) is 20.7. The normalized spacial score (nSPS) is 13.3. The fourth-order valence-electron chi connectivity index (χ4n) is 4.77. The van der Waals surface area contributed by atoms with Crippen molar-refractivity contribution in [2.24, 2.45) is 0 Å². The molecule has 0 aliphatic carbocycles. The number of nitrogens with zero attached hydrogens (tertiary/aromatic N) is 3. The summed E-state index contributed by atoms with van der Waals surface area (Å²) in [4.78, 5) is 47.1. The Bertz CT molecular complexity index is 1870. The number of halogens is 1. The summed E-state index contributed by atoms with van der Waals surface area (Å²) >= 11 is 1.29. The average Bonchev–Trinajstić information content (AvgIpc) is 3.41. The monoisotopic (exact) mass is 596 g/mol. The second kappa shape index (κ2) is 12.4. The molecule has 8 nitrogen and oxygen atoms in total. The second-order valence-electron chi connectivity index (χ2n) is 9.70. The zero-order valence-corrected chi connectivity index (χ0v) is 24.7. The van der Waals surface area contributed by atoms with Gasteiger partial charge in [0, 0.05) is 23.1 Å². The van der Waals surface area contributed by atoms with Crippen LogP contribution >= 0.6 is 11.3 Å². The van der Waals surface area contributed by atoms with Gasteiger partial charge in [-0.3, -0.25) is 19.0 Å². The van der Waals surface area contributed by atoms with Gasteiger partial charge in [0.1, 0.15) is 23.1 Å². The largest absolute Gasteiger partial charge is 0.495 e. The van der Waals surface area contributed by atoms with E-state index in [0.29, 0.717) is 40.7 Å². The Kier molecular flexibility index (Phi) is 8.49. The summed E-state index contributed by atoms with van der Waals surface area (Å²) in [6, 6.07) is 17.2. The molecule has 4 heterocycles. The molecule has 4 aromatic rings. The van der Waals surface area contributed by atoms with Crippen molar-refractivity contribution in [3.8, 4) is 22.0 Å². The molecule has 0 bridgehead atoms. The van der Waals surface area contributed by atoms with Crippen molar-refractivity contribution >= 4 is 28.8 Å². The molecule has 3 aromatic heterocycles. The number of anilines is 1. The van der Waals surface area contributed by atoms with E-state index < -0.39 is 11.7 Å². The molecule has 0 spiro atoms. The van der Waals surface area contributed by atoms with E-state index in [2.05, 4.69) is 16.9 Å². The van der Waals surface area contributed by atoms with Gasteiger partial charge in [0.2, 0.25) is 0 Å². The number of aromatic nitrogens is 2. The Morgan fingerprint density at radius 1 is 1.14 bits per heavy atom. The maximum absolute atomic E-state index is 14.5. The molecule has 218 valence electrons. The molecule has 10 heteroatoms. The Morgan fingerprint density at radius 2 is 1.93 bits per heavy atom. The molecule has 1 aromatic carbocycles. The van der Waals surface area contributed by atoms with Crippen LogP contribution in [0.3, 0.4) is 0 Å². The Morgan fingerprint density at radius 3 is 2.67 bits per heavy atom. The van der Waals surface area contributed by atoms with Crippen LogP contribution in [-0.2, 0) is 6.42 Å². The predicted molar refractivity (Wildman–Crippen MR) is 167 cm³/mol. The number of methoxy groups -OCH3 is 1. The quantitative estimate of drug-likeness (QED) is 0.255. The van der Waals surface area contributed by atoms with Crippen LogP contribution < -0.4 is 20.5 Å². The molecule has 2 amide bonds. The van der Waals surface area contributed by atoms with E-state index in [1.807, 2.05) is 24.3 Å². The maximum atomic E-state index is 14.5. The number of carbonyl (C=O) groups excluding carboxylic acids is 2. The number of ether oxygens (including phenoxy) is 1. The third kappa shape index (κ3) is 5.82. The molecule has 1 aliphatic rings. The van der Waals surface area contributed by atoms with Gasteiger partial charge in [0.25, 0.3) is 17.4 Å². The van der Waals surface area contributed by atoms with Gasteiger partial charge in [0.05, 0.1) is 29.6 Å². The van der Waals surface area contributed by atoms with Crippen molar-refractivity contribution in [3.63, 3.8) is 0 Å². The second-order valence-corrected chi connectivity index (χ2v) is 10.8. The van der Waals surface area contributed by atoms with Crippen LogP contribution in [0.25, 0.3) is 16.3 Å². The van der Waals surface area contributed by atoms with Gasteiger partial charge in [-0.25, -0.2) is 9.37 Å². The van der Waals surface area contributed by atoms with Gasteiger partial charge in [-0.15, -0.1) is 11.3 Å². The lowest BCUT2D eigenvalue weighted by atomic mass is 10.1. The molecule has 0 atom stereocenters. The van der Waals surface area contributed by atoms with Gasteiger partial charge in [-0.1, -0.05) is 36.9 Å². The lowest BCUT2D eigenvalue weighted by molar-refractivity contribution is 0.0965. The molecule has 5 rings (SSSR count). The van der Waals surface area contributed by atoms with Crippen molar-refractivity contribution in [2.75, 3.05) is 18.6 Å². The molecule has 0 unspecified atom stereocenters. The van der Waals surface area contributed by atoms with Crippen molar-refractivity contribution in [3.05, 3.63) is 129 Å². The van der Waals surface area contributed by atoms with Crippen LogP contribution in [0, 0.1) is 0 Å². The molecule has 1 aliphatic heterocycles. The van der Waals surface area contributed by atoms with E-state index in [4.69, 9.17) is 4.74 Å². The first-order valence-corrected chi connectivity index (χ1v) is 14.3. The maximum Gasteiger partial charge on any atom is 0.276 e. The summed E-state index contributed by atoms with van der Waals surface area (Å²) in [6.07, 6.45) is 4.78. The summed E-state index contributed by atoms with van der Waals surface area (Å²) in [6.45, 7) is 7.28. The van der Waals surface area contributed by atoms with Gasteiger partial charge in [0.15, 0.2) is 0 Å². The number of allylic oxidation sites excluding steroid dienone is 4. The van der Waals surface area contributed by atoms with Gasteiger partial charge in [-0.2, -0.15) is 0 Å². The van der Waals surface area contributed by atoms with Crippen molar-refractivity contribution < 1.29 is 18.7 Å². The van der Waals surface area contributed by atoms with Gasteiger partial charge in [-0.05, 0) is 67.8 Å². The molecule has 0 saturated heterocycles. The van der Waals surface area contributed by atoms with Crippen LogP contribution in [0.15, 0.2) is 107 Å². The molecular weight excluding hydrogens is 567 g/mol. The zero-order chi connectivity index (χ0) is 30.7. The number of fused-ring (bicyclic) bond motifs is 3. The summed E-state index contributed by atoms with van der Waals surface area (Å²) in [5.41, 5.74) is 2.90. The van der Waals surface area contributed by atoms with E-state index in [9.17, 15) is 18.8 Å². The minimum Gasteiger partial charge on any atom is -0.495 e. The highest BCUT2D eigenvalue weighted by Crippen LogP contribution is 2.42. The molecule has 1 N–H and O–H groups in total. The number of pyridine rings is 2. The third-order valence-electron chi connectivity index (χ3n) is 7.13. The Labute approximate surface area is 252 Å². The number of carbonyl (C=O) groups is 2. The molecule has 0 radical (unpaired) electrons. The van der Waals surface area contributed by atoms with Crippen molar-refractivity contribution in [1.82, 2.24) is 14.9 Å². The average molecular weight is 597 g/mol. The van der Waals surface area contributed by atoms with Crippen LogP contribution in [0.5, 0.6) is 5.75 Å². The lowest BCUT2D eigenvalue weighted by Crippen LogP contribution is -2.33. The number of hydrogen-bond acceptors (Lipinski definition) is 6. The van der Waals surface area contributed by atoms with Crippen molar-refractivity contribution in [1.29, 1.82) is 0 Å². The van der Waals surface area contributed by atoms with E-state index in [-0.39, 0.29) is 22.9 Å². The number of nitrogens with one attached hydrogen (secondary N) is 1. The van der Waals surface area contributed by atoms with E-state index in [1.54, 1.807) is 55.2 Å². The minimum absolute atomic E-state index is 0.0780. The van der Waals surface area contributed by atoms with Crippen LogP contribution in [0.1, 0.15) is 39.6 Å². The topological polar surface area (TPSA) is 93.5 Å². The molecular formula is C33H29FN4O4S. The first kappa shape index (κ1) is 29.4. The predicted octanol–water partition coefficient (Wildman–Crippen LogP) is 6.24. The summed E-state index contributed by atoms with van der Waals surface area (Å²) < 4.78 is 21.0. The molecule has 43 heavy (non-hydrogen) atoms. The van der Waals surface area contributed by atoms with Crippen LogP contribution in [-0.4, -0.2) is 35.0 Å². The highest BCUT2D eigenvalue weighted by molar-refractivity contribution is 7.17. The minimum atomic E-state index is -0.615. The van der Waals surface area contributed by atoms with Crippen LogP contribution in [0.4, 0.5) is 10.1 Å². The SMILES string of the molecule is C=C/C(F)=C(NC(=O)c1cc2c(s1)-c1ccccc1N(C(=O)c1cccc(-n3cc(OC)ccc3=O)n1)CC2)\C(C)=C/C. The Balaban J connectivity index is 1.48. The lowest BCUT2D eigenvalue weighted by Gasteiger charge is -2.23. The molecule has 0 fully saturated rings. The number of hydrogen-bond donors (Lipinski definition) is 1. The molecule has 0 saturated carbocycles. The van der Waals surface area contributed by atoms with Gasteiger partial charge >= 0.3 is 0 Å². The standard InChI is InChI=1S/C33H29FN4O4S/c1-5-20(3)30(24(34)6-2)36-32(40)27-18-21-16-17-37(26-12-8-7-10-23(26)31(21)43-27)33(41)25-11-9-13-28(35-25)38-19-22(42-4)14-15-29(38)39/h5-15,18-19H,2,16-17H2,1,3-4H3,(H,36,40)/b20-5-,30-24-. The number of para-hydroxylation sites is 1. The number of thiophene rings is 1. The number of amides is 2.